The number of pyridine rings is 1. The van der Waals surface area contributed by atoms with Crippen LogP contribution in [0.4, 0.5) is 5.69 Å². The third-order valence-electron chi connectivity index (χ3n) is 7.96. The topological polar surface area (TPSA) is 108 Å². The first-order valence-electron chi connectivity index (χ1n) is 13.4. The maximum absolute atomic E-state index is 13.5. The van der Waals surface area contributed by atoms with Crippen LogP contribution in [0.2, 0.25) is 0 Å². The number of likely N-dealkylation sites (tertiary alicyclic amines) is 1. The van der Waals surface area contributed by atoms with Crippen LogP contribution in [0.15, 0.2) is 73.1 Å². The molecule has 9 nitrogen and oxygen atoms in total. The van der Waals surface area contributed by atoms with Gasteiger partial charge in [0.1, 0.15) is 5.75 Å². The van der Waals surface area contributed by atoms with Gasteiger partial charge in [0, 0.05) is 54.3 Å². The van der Waals surface area contributed by atoms with Gasteiger partial charge < -0.3 is 20.3 Å². The van der Waals surface area contributed by atoms with Crippen LogP contribution >= 0.6 is 0 Å². The molecule has 1 amide bonds. The maximum Gasteiger partial charge on any atom is 0.252 e. The Labute approximate surface area is 228 Å². The molecule has 39 heavy (non-hydrogen) atoms. The van der Waals surface area contributed by atoms with Crippen molar-refractivity contribution in [1.82, 2.24) is 30.4 Å². The number of aromatic nitrogens is 4. The van der Waals surface area contributed by atoms with Gasteiger partial charge in [-0.1, -0.05) is 24.3 Å². The van der Waals surface area contributed by atoms with Crippen LogP contribution in [-0.4, -0.2) is 57.7 Å². The fraction of sp³-hybridized carbons (Fsp3) is 0.333. The van der Waals surface area contributed by atoms with Crippen molar-refractivity contribution in [2.45, 2.75) is 37.3 Å². The van der Waals surface area contributed by atoms with E-state index in [1.165, 1.54) is 0 Å². The van der Waals surface area contributed by atoms with E-state index >= 15 is 0 Å². The molecule has 200 valence electrons. The number of hydrogen-bond donors (Lipinski definition) is 3. The van der Waals surface area contributed by atoms with E-state index in [-0.39, 0.29) is 5.91 Å². The lowest BCUT2D eigenvalue weighted by molar-refractivity contribution is 0.0873. The fourth-order valence-electron chi connectivity index (χ4n) is 5.54. The van der Waals surface area contributed by atoms with Crippen molar-refractivity contribution < 1.29 is 9.53 Å². The average molecular weight is 524 g/mol. The minimum atomic E-state index is -0.506. The summed E-state index contributed by atoms with van der Waals surface area (Å²) in [6, 6.07) is 19.4. The van der Waals surface area contributed by atoms with Crippen molar-refractivity contribution in [2.24, 2.45) is 0 Å². The summed E-state index contributed by atoms with van der Waals surface area (Å²) in [6.07, 6.45) is 5.88. The third kappa shape index (κ3) is 4.97. The largest absolute Gasteiger partial charge is 0.493 e. The number of H-pyrrole nitrogens is 1. The number of nitrogens with one attached hydrogen (secondary N) is 3. The molecule has 1 unspecified atom stereocenters. The van der Waals surface area contributed by atoms with Crippen molar-refractivity contribution in [3.63, 3.8) is 0 Å². The third-order valence-corrected chi connectivity index (χ3v) is 7.96. The Bertz CT molecular complexity index is 1460. The summed E-state index contributed by atoms with van der Waals surface area (Å²) in [5.41, 5.74) is 2.44. The molecule has 2 aliphatic rings. The molecule has 0 spiro atoms. The minimum Gasteiger partial charge on any atom is -0.493 e. The molecule has 0 bridgehead atoms. The van der Waals surface area contributed by atoms with Crippen molar-refractivity contribution in [3.8, 4) is 17.1 Å². The lowest BCUT2D eigenvalue weighted by atomic mass is 9.85. The molecule has 1 saturated heterocycles. The number of anilines is 1. The molecule has 3 N–H and O–H groups in total. The molecule has 4 aromatic rings. The SMILES string of the molecule is CN1CCC(Nc2cccc(C(=O)NC3(C)CCOc4ccccc43)c2)(c2nc(-c3ccncc3)n[nH]2)CC1. The number of amides is 1. The molecule has 2 aromatic heterocycles. The highest BCUT2D eigenvalue weighted by atomic mass is 16.5. The van der Waals surface area contributed by atoms with Gasteiger partial charge in [-0.2, -0.15) is 5.10 Å². The monoisotopic (exact) mass is 523 g/mol. The smallest absolute Gasteiger partial charge is 0.252 e. The van der Waals surface area contributed by atoms with Gasteiger partial charge in [0.25, 0.3) is 5.91 Å². The molecule has 9 heteroatoms. The summed E-state index contributed by atoms with van der Waals surface area (Å²) in [6.45, 7) is 4.45. The van der Waals surface area contributed by atoms with Gasteiger partial charge in [0.2, 0.25) is 0 Å². The molecule has 1 fully saturated rings. The van der Waals surface area contributed by atoms with Crippen LogP contribution in [-0.2, 0) is 11.1 Å². The Morgan fingerprint density at radius 2 is 1.82 bits per heavy atom. The van der Waals surface area contributed by atoms with E-state index in [9.17, 15) is 4.79 Å². The highest BCUT2D eigenvalue weighted by molar-refractivity contribution is 5.95. The standard InChI is InChI=1S/C30H33N7O2/c1-29(14-19-39-25-9-4-3-8-24(25)29)34-27(38)22-6-5-7-23(20-22)33-30(12-17-37(2)18-13-30)28-32-26(35-36-28)21-10-15-31-16-11-21/h3-11,15-16,20,33H,12-14,17-19H2,1-2H3,(H,34,38)(H,32,35,36). The Hall–Kier alpha value is -4.24. The van der Waals surface area contributed by atoms with Crippen LogP contribution in [0.3, 0.4) is 0 Å². The first kappa shape index (κ1) is 25.1. The van der Waals surface area contributed by atoms with Gasteiger partial charge in [-0.15, -0.1) is 0 Å². The predicted octanol–water partition coefficient (Wildman–Crippen LogP) is 4.33. The van der Waals surface area contributed by atoms with E-state index < -0.39 is 11.1 Å². The second-order valence-corrected chi connectivity index (χ2v) is 10.7. The summed E-state index contributed by atoms with van der Waals surface area (Å²) in [5.74, 6) is 2.15. The van der Waals surface area contributed by atoms with Crippen LogP contribution in [0.25, 0.3) is 11.4 Å². The highest BCUT2D eigenvalue weighted by Gasteiger charge is 2.39. The second-order valence-electron chi connectivity index (χ2n) is 10.7. The molecule has 0 aliphatic carbocycles. The van der Waals surface area contributed by atoms with Gasteiger partial charge in [0.05, 0.1) is 17.7 Å². The Balaban J connectivity index is 1.26. The summed E-state index contributed by atoms with van der Waals surface area (Å²) >= 11 is 0. The fourth-order valence-corrected chi connectivity index (χ4v) is 5.54. The molecule has 2 aromatic carbocycles. The molecular formula is C30H33N7O2. The lowest BCUT2D eigenvalue weighted by Gasteiger charge is -2.40. The molecule has 4 heterocycles. The Morgan fingerprint density at radius 3 is 2.64 bits per heavy atom. The molecule has 6 rings (SSSR count). The van der Waals surface area contributed by atoms with E-state index in [1.54, 1.807) is 12.4 Å². The van der Waals surface area contributed by atoms with E-state index in [4.69, 9.17) is 9.72 Å². The van der Waals surface area contributed by atoms with Crippen molar-refractivity contribution in [2.75, 3.05) is 32.1 Å². The number of fused-ring (bicyclic) bond motifs is 1. The predicted molar refractivity (Wildman–Crippen MR) is 149 cm³/mol. The molecule has 1 atom stereocenters. The lowest BCUT2D eigenvalue weighted by Crippen LogP contribution is -2.47. The Kier molecular flexibility index (Phi) is 6.52. The van der Waals surface area contributed by atoms with Crippen molar-refractivity contribution in [3.05, 3.63) is 90.0 Å². The summed E-state index contributed by atoms with van der Waals surface area (Å²) in [4.78, 5) is 24.8. The van der Waals surface area contributed by atoms with Gasteiger partial charge in [0.15, 0.2) is 11.6 Å². The zero-order valence-electron chi connectivity index (χ0n) is 22.3. The van der Waals surface area contributed by atoms with Crippen molar-refractivity contribution in [1.29, 1.82) is 0 Å². The Morgan fingerprint density at radius 1 is 1.03 bits per heavy atom. The van der Waals surface area contributed by atoms with E-state index in [1.807, 2.05) is 60.7 Å². The molecule has 0 saturated carbocycles. The minimum absolute atomic E-state index is 0.116. The first-order chi connectivity index (χ1) is 18.9. The second kappa shape index (κ2) is 10.1. The van der Waals surface area contributed by atoms with Gasteiger partial charge in [-0.3, -0.25) is 14.9 Å². The van der Waals surface area contributed by atoms with Gasteiger partial charge in [-0.25, -0.2) is 4.98 Å². The summed E-state index contributed by atoms with van der Waals surface area (Å²) in [7, 11) is 2.13. The number of benzene rings is 2. The average Bonchev–Trinajstić information content (AvgIpc) is 3.47. The number of rotatable bonds is 6. The number of carbonyl (C=O) groups excluding carboxylic acids is 1. The number of piperidine rings is 1. The van der Waals surface area contributed by atoms with E-state index in [0.717, 1.165) is 54.3 Å². The molecular weight excluding hydrogens is 490 g/mol. The van der Waals surface area contributed by atoms with Gasteiger partial charge >= 0.3 is 0 Å². The maximum atomic E-state index is 13.5. The van der Waals surface area contributed by atoms with Crippen LogP contribution in [0.1, 0.15) is 47.9 Å². The summed E-state index contributed by atoms with van der Waals surface area (Å²) in [5, 5.41) is 14.7. The zero-order chi connectivity index (χ0) is 26.9. The molecule has 2 aliphatic heterocycles. The van der Waals surface area contributed by atoms with Crippen LogP contribution in [0.5, 0.6) is 5.75 Å². The normalized spacial score (nSPS) is 20.5. The van der Waals surface area contributed by atoms with E-state index in [0.29, 0.717) is 24.4 Å². The number of para-hydroxylation sites is 1. The van der Waals surface area contributed by atoms with Crippen LogP contribution in [0, 0.1) is 0 Å². The number of hydrogen-bond acceptors (Lipinski definition) is 7. The van der Waals surface area contributed by atoms with Gasteiger partial charge in [-0.05, 0) is 63.2 Å². The zero-order valence-corrected chi connectivity index (χ0v) is 22.3. The number of carbonyl (C=O) groups is 1. The highest BCUT2D eigenvalue weighted by Crippen LogP contribution is 2.38. The molecule has 0 radical (unpaired) electrons. The summed E-state index contributed by atoms with van der Waals surface area (Å²) < 4.78 is 5.82. The number of ether oxygens (including phenoxy) is 1. The van der Waals surface area contributed by atoms with Crippen molar-refractivity contribution >= 4 is 11.6 Å². The quantitative estimate of drug-likeness (QED) is 0.345. The van der Waals surface area contributed by atoms with E-state index in [2.05, 4.69) is 44.7 Å². The number of nitrogens with zero attached hydrogens (tertiary/aromatic N) is 4. The van der Waals surface area contributed by atoms with Crippen LogP contribution < -0.4 is 15.4 Å². The number of aromatic amines is 1. The first-order valence-corrected chi connectivity index (χ1v) is 13.4.